The summed E-state index contributed by atoms with van der Waals surface area (Å²) < 4.78 is 0. The standard InChI is InChI=1S/C9H19NS/c1-3-5-10-9-7-11-6-8(9)4-2/h8-10H,3-7H2,1-2H3. The van der Waals surface area contributed by atoms with Crippen molar-refractivity contribution in [2.45, 2.75) is 32.7 Å². The monoisotopic (exact) mass is 173 g/mol. The molecule has 0 saturated carbocycles. The van der Waals surface area contributed by atoms with Gasteiger partial charge in [-0.2, -0.15) is 11.8 Å². The minimum atomic E-state index is 0.810. The molecule has 0 aliphatic carbocycles. The van der Waals surface area contributed by atoms with E-state index in [4.69, 9.17) is 0 Å². The summed E-state index contributed by atoms with van der Waals surface area (Å²) in [5, 5.41) is 3.61. The first kappa shape index (κ1) is 9.40. The summed E-state index contributed by atoms with van der Waals surface area (Å²) in [6.45, 7) is 5.73. The quantitative estimate of drug-likeness (QED) is 0.699. The Kier molecular flexibility index (Phi) is 4.31. The molecule has 1 fully saturated rings. The van der Waals surface area contributed by atoms with E-state index in [1.807, 2.05) is 0 Å². The molecule has 1 N–H and O–H groups in total. The second-order valence-electron chi connectivity index (χ2n) is 3.27. The maximum absolute atomic E-state index is 3.61. The summed E-state index contributed by atoms with van der Waals surface area (Å²) in [7, 11) is 0. The van der Waals surface area contributed by atoms with Gasteiger partial charge in [-0.25, -0.2) is 0 Å². The number of rotatable bonds is 4. The predicted octanol–water partition coefficient (Wildman–Crippen LogP) is 2.13. The predicted molar refractivity (Wildman–Crippen MR) is 53.2 cm³/mol. The van der Waals surface area contributed by atoms with E-state index < -0.39 is 0 Å². The van der Waals surface area contributed by atoms with Crippen molar-refractivity contribution >= 4 is 11.8 Å². The van der Waals surface area contributed by atoms with Gasteiger partial charge in [-0.3, -0.25) is 0 Å². The van der Waals surface area contributed by atoms with E-state index in [-0.39, 0.29) is 0 Å². The normalized spacial score (nSPS) is 31.1. The van der Waals surface area contributed by atoms with Crippen molar-refractivity contribution in [3.05, 3.63) is 0 Å². The van der Waals surface area contributed by atoms with Crippen LogP contribution in [-0.4, -0.2) is 24.1 Å². The molecule has 1 rings (SSSR count). The molecule has 0 spiro atoms. The molecule has 2 unspecified atom stereocenters. The molecule has 1 aliphatic heterocycles. The van der Waals surface area contributed by atoms with E-state index in [1.165, 1.54) is 30.9 Å². The number of hydrogen-bond acceptors (Lipinski definition) is 2. The van der Waals surface area contributed by atoms with Crippen molar-refractivity contribution in [3.63, 3.8) is 0 Å². The lowest BCUT2D eigenvalue weighted by molar-refractivity contribution is 0.417. The largest absolute Gasteiger partial charge is 0.313 e. The Balaban J connectivity index is 2.20. The van der Waals surface area contributed by atoms with Crippen LogP contribution in [-0.2, 0) is 0 Å². The Morgan fingerprint density at radius 1 is 1.36 bits per heavy atom. The number of thioether (sulfide) groups is 1. The molecule has 2 heteroatoms. The highest BCUT2D eigenvalue weighted by Crippen LogP contribution is 2.26. The maximum Gasteiger partial charge on any atom is 0.0194 e. The Hall–Kier alpha value is 0.310. The van der Waals surface area contributed by atoms with Gasteiger partial charge in [0.2, 0.25) is 0 Å². The van der Waals surface area contributed by atoms with Crippen molar-refractivity contribution in [2.24, 2.45) is 5.92 Å². The molecule has 0 bridgehead atoms. The molecule has 0 aromatic rings. The van der Waals surface area contributed by atoms with Crippen molar-refractivity contribution in [1.29, 1.82) is 0 Å². The number of nitrogens with one attached hydrogen (secondary N) is 1. The van der Waals surface area contributed by atoms with Gasteiger partial charge in [0, 0.05) is 11.8 Å². The third-order valence-corrected chi connectivity index (χ3v) is 3.64. The average Bonchev–Trinajstić information content (AvgIpc) is 2.47. The van der Waals surface area contributed by atoms with Crippen molar-refractivity contribution in [1.82, 2.24) is 5.32 Å². The Morgan fingerprint density at radius 3 is 2.82 bits per heavy atom. The topological polar surface area (TPSA) is 12.0 Å². The molecule has 2 atom stereocenters. The molecule has 1 heterocycles. The summed E-state index contributed by atoms with van der Waals surface area (Å²) in [6, 6.07) is 0.810. The van der Waals surface area contributed by atoms with Crippen LogP contribution in [0.1, 0.15) is 26.7 Å². The van der Waals surface area contributed by atoms with Crippen LogP contribution in [0.3, 0.4) is 0 Å². The van der Waals surface area contributed by atoms with Gasteiger partial charge in [-0.15, -0.1) is 0 Å². The van der Waals surface area contributed by atoms with Crippen LogP contribution in [0.2, 0.25) is 0 Å². The van der Waals surface area contributed by atoms with Gasteiger partial charge in [0.1, 0.15) is 0 Å². The molecule has 0 radical (unpaired) electrons. The zero-order valence-corrected chi connectivity index (χ0v) is 8.41. The second kappa shape index (κ2) is 5.04. The van der Waals surface area contributed by atoms with Crippen LogP contribution in [0, 0.1) is 5.92 Å². The zero-order valence-electron chi connectivity index (χ0n) is 7.60. The minimum Gasteiger partial charge on any atom is -0.313 e. The first-order chi connectivity index (χ1) is 5.38. The molecule has 1 saturated heterocycles. The third kappa shape index (κ3) is 2.68. The van der Waals surface area contributed by atoms with E-state index in [9.17, 15) is 0 Å². The van der Waals surface area contributed by atoms with Gasteiger partial charge >= 0.3 is 0 Å². The fourth-order valence-corrected chi connectivity index (χ4v) is 3.11. The summed E-state index contributed by atoms with van der Waals surface area (Å²) in [5.41, 5.74) is 0. The first-order valence-corrected chi connectivity index (χ1v) is 5.85. The van der Waals surface area contributed by atoms with E-state index in [0.717, 1.165) is 12.0 Å². The highest BCUT2D eigenvalue weighted by Gasteiger charge is 2.24. The van der Waals surface area contributed by atoms with E-state index >= 15 is 0 Å². The molecule has 11 heavy (non-hydrogen) atoms. The van der Waals surface area contributed by atoms with E-state index in [1.54, 1.807) is 0 Å². The van der Waals surface area contributed by atoms with Gasteiger partial charge in [0.05, 0.1) is 0 Å². The van der Waals surface area contributed by atoms with Crippen molar-refractivity contribution in [2.75, 3.05) is 18.1 Å². The van der Waals surface area contributed by atoms with E-state index in [2.05, 4.69) is 30.9 Å². The second-order valence-corrected chi connectivity index (χ2v) is 4.34. The highest BCUT2D eigenvalue weighted by molar-refractivity contribution is 7.99. The lowest BCUT2D eigenvalue weighted by Gasteiger charge is -2.17. The van der Waals surface area contributed by atoms with Crippen LogP contribution in [0.25, 0.3) is 0 Å². The lowest BCUT2D eigenvalue weighted by Crippen LogP contribution is -2.35. The third-order valence-electron chi connectivity index (χ3n) is 2.38. The maximum atomic E-state index is 3.61. The zero-order chi connectivity index (χ0) is 8.10. The smallest absolute Gasteiger partial charge is 0.0194 e. The van der Waals surface area contributed by atoms with Gasteiger partial charge < -0.3 is 5.32 Å². The SMILES string of the molecule is CCCNC1CSCC1CC. The summed E-state index contributed by atoms with van der Waals surface area (Å²) in [6.07, 6.45) is 2.60. The first-order valence-electron chi connectivity index (χ1n) is 4.69. The number of hydrogen-bond donors (Lipinski definition) is 1. The minimum absolute atomic E-state index is 0.810. The fourth-order valence-electron chi connectivity index (χ4n) is 1.56. The van der Waals surface area contributed by atoms with Gasteiger partial charge in [-0.05, 0) is 24.6 Å². The molecule has 0 amide bonds. The summed E-state index contributed by atoms with van der Waals surface area (Å²) in [5.74, 6) is 3.64. The molecular formula is C9H19NS. The van der Waals surface area contributed by atoms with E-state index in [0.29, 0.717) is 0 Å². The summed E-state index contributed by atoms with van der Waals surface area (Å²) >= 11 is 2.10. The summed E-state index contributed by atoms with van der Waals surface area (Å²) in [4.78, 5) is 0. The molecule has 0 aromatic heterocycles. The Morgan fingerprint density at radius 2 is 2.18 bits per heavy atom. The van der Waals surface area contributed by atoms with Gasteiger partial charge in [-0.1, -0.05) is 20.3 Å². The van der Waals surface area contributed by atoms with Crippen molar-refractivity contribution < 1.29 is 0 Å². The lowest BCUT2D eigenvalue weighted by atomic mass is 10.0. The van der Waals surface area contributed by atoms with Crippen LogP contribution in [0.5, 0.6) is 0 Å². The Bertz CT molecular complexity index is 106. The van der Waals surface area contributed by atoms with Crippen LogP contribution < -0.4 is 5.32 Å². The van der Waals surface area contributed by atoms with Crippen LogP contribution in [0.4, 0.5) is 0 Å². The highest BCUT2D eigenvalue weighted by atomic mass is 32.2. The van der Waals surface area contributed by atoms with Crippen LogP contribution >= 0.6 is 11.8 Å². The average molecular weight is 173 g/mol. The molecule has 66 valence electrons. The Labute approximate surface area is 74.3 Å². The molecule has 1 aliphatic rings. The molecule has 0 aromatic carbocycles. The molecule has 1 nitrogen and oxygen atoms in total. The van der Waals surface area contributed by atoms with Crippen molar-refractivity contribution in [3.8, 4) is 0 Å². The van der Waals surface area contributed by atoms with Gasteiger partial charge in [0.25, 0.3) is 0 Å². The molecular weight excluding hydrogens is 154 g/mol. The van der Waals surface area contributed by atoms with Gasteiger partial charge in [0.15, 0.2) is 0 Å². The van der Waals surface area contributed by atoms with Crippen LogP contribution in [0.15, 0.2) is 0 Å². The fraction of sp³-hybridized carbons (Fsp3) is 1.00.